The highest BCUT2D eigenvalue weighted by Crippen LogP contribution is 2.21. The number of carbonyl (C=O) groups excluding carboxylic acids is 1. The number of rotatable bonds is 9. The van der Waals surface area contributed by atoms with E-state index in [2.05, 4.69) is 44.7 Å². The van der Waals surface area contributed by atoms with Crippen LogP contribution in [-0.4, -0.2) is 34.9 Å². The van der Waals surface area contributed by atoms with Crippen molar-refractivity contribution in [2.24, 2.45) is 5.92 Å². The molecule has 3 nitrogen and oxygen atoms in total. The van der Waals surface area contributed by atoms with Crippen LogP contribution in [0.2, 0.25) is 0 Å². The fourth-order valence-corrected chi connectivity index (χ4v) is 3.25. The van der Waals surface area contributed by atoms with E-state index in [9.17, 15) is 4.79 Å². The minimum atomic E-state index is -0.0816. The van der Waals surface area contributed by atoms with Crippen molar-refractivity contribution >= 4 is 5.78 Å². The van der Waals surface area contributed by atoms with Crippen LogP contribution >= 0.6 is 0 Å². The molecule has 1 atom stereocenters. The third kappa shape index (κ3) is 5.94. The van der Waals surface area contributed by atoms with Gasteiger partial charge in [0.05, 0.1) is 12.1 Å². The zero-order chi connectivity index (χ0) is 18.4. The average Bonchev–Trinajstić information content (AvgIpc) is 2.46. The zero-order valence-electron chi connectivity index (χ0n) is 16.7. The maximum atomic E-state index is 12.8. The molecule has 0 aliphatic heterocycles. The van der Waals surface area contributed by atoms with Gasteiger partial charge < -0.3 is 4.74 Å². The highest BCUT2D eigenvalue weighted by atomic mass is 16.5. The SMILES string of the molecule is CC(C)Oc1ccc(CC(C(=O)C(C)C)N(C(C)C)C(C)C)cc1. The average molecular weight is 334 g/mol. The predicted molar refractivity (Wildman–Crippen MR) is 102 cm³/mol. The first-order valence-electron chi connectivity index (χ1n) is 9.20. The van der Waals surface area contributed by atoms with Crippen LogP contribution in [0.25, 0.3) is 0 Å². The fourth-order valence-electron chi connectivity index (χ4n) is 3.25. The molecular formula is C21H35NO2. The van der Waals surface area contributed by atoms with E-state index in [0.717, 1.165) is 12.2 Å². The second kappa shape index (κ2) is 9.22. The molecule has 0 saturated carbocycles. The molecule has 0 aliphatic rings. The number of benzene rings is 1. The summed E-state index contributed by atoms with van der Waals surface area (Å²) in [6.07, 6.45) is 0.915. The number of Topliss-reactive ketones (excluding diaryl/α,β-unsaturated/α-hetero) is 1. The van der Waals surface area contributed by atoms with Gasteiger partial charge in [-0.1, -0.05) is 26.0 Å². The van der Waals surface area contributed by atoms with Crippen LogP contribution in [0.5, 0.6) is 5.75 Å². The van der Waals surface area contributed by atoms with Gasteiger partial charge in [-0.05, 0) is 65.7 Å². The molecule has 0 bridgehead atoms. The molecule has 0 radical (unpaired) electrons. The maximum absolute atomic E-state index is 12.8. The highest BCUT2D eigenvalue weighted by Gasteiger charge is 2.31. The Morgan fingerprint density at radius 1 is 0.917 bits per heavy atom. The van der Waals surface area contributed by atoms with E-state index in [0.29, 0.717) is 17.9 Å². The molecule has 0 N–H and O–H groups in total. The lowest BCUT2D eigenvalue weighted by atomic mass is 9.92. The van der Waals surface area contributed by atoms with Gasteiger partial charge in [-0.25, -0.2) is 0 Å². The predicted octanol–water partition coefficient (Wildman–Crippen LogP) is 4.73. The van der Waals surface area contributed by atoms with E-state index in [1.165, 1.54) is 5.56 Å². The summed E-state index contributed by atoms with van der Waals surface area (Å²) in [6.45, 7) is 16.7. The Kier molecular flexibility index (Phi) is 7.95. The quantitative estimate of drug-likeness (QED) is 0.654. The van der Waals surface area contributed by atoms with Crippen molar-refractivity contribution in [3.63, 3.8) is 0 Å². The third-order valence-corrected chi connectivity index (χ3v) is 4.17. The number of nitrogens with zero attached hydrogens (tertiary/aromatic N) is 1. The summed E-state index contributed by atoms with van der Waals surface area (Å²) in [5.74, 6) is 1.24. The Balaban J connectivity index is 3.02. The van der Waals surface area contributed by atoms with Crippen LogP contribution in [0.15, 0.2) is 24.3 Å². The Bertz CT molecular complexity index is 495. The van der Waals surface area contributed by atoms with Crippen molar-refractivity contribution in [1.82, 2.24) is 4.90 Å². The largest absolute Gasteiger partial charge is 0.491 e. The molecule has 1 unspecified atom stereocenters. The lowest BCUT2D eigenvalue weighted by Crippen LogP contribution is -2.51. The Morgan fingerprint density at radius 2 is 1.42 bits per heavy atom. The standard InChI is InChI=1S/C21H35NO2/c1-14(2)21(23)20(22(15(3)4)16(5)6)13-18-9-11-19(12-10-18)24-17(7)8/h9-12,14-17,20H,13H2,1-8H3. The first-order chi connectivity index (χ1) is 11.1. The Morgan fingerprint density at radius 3 is 1.79 bits per heavy atom. The topological polar surface area (TPSA) is 29.5 Å². The second-order valence-corrected chi connectivity index (χ2v) is 7.72. The van der Waals surface area contributed by atoms with E-state index in [-0.39, 0.29) is 18.1 Å². The molecule has 1 rings (SSSR count). The minimum Gasteiger partial charge on any atom is -0.491 e. The monoisotopic (exact) mass is 333 g/mol. The number of hydrogen-bond acceptors (Lipinski definition) is 3. The van der Waals surface area contributed by atoms with Crippen LogP contribution in [0.4, 0.5) is 0 Å². The van der Waals surface area contributed by atoms with Gasteiger partial charge in [0.15, 0.2) is 5.78 Å². The second-order valence-electron chi connectivity index (χ2n) is 7.72. The molecule has 0 saturated heterocycles. The van der Waals surface area contributed by atoms with Gasteiger partial charge in [-0.15, -0.1) is 0 Å². The Labute approximate surface area is 148 Å². The van der Waals surface area contributed by atoms with Gasteiger partial charge >= 0.3 is 0 Å². The van der Waals surface area contributed by atoms with Crippen molar-refractivity contribution in [2.75, 3.05) is 0 Å². The minimum absolute atomic E-state index is 0.0403. The van der Waals surface area contributed by atoms with E-state index in [1.54, 1.807) is 0 Å². The van der Waals surface area contributed by atoms with Crippen LogP contribution in [-0.2, 0) is 11.2 Å². The molecule has 0 aliphatic carbocycles. The van der Waals surface area contributed by atoms with E-state index in [4.69, 9.17) is 4.74 Å². The summed E-state index contributed by atoms with van der Waals surface area (Å²) in [7, 11) is 0. The summed E-state index contributed by atoms with van der Waals surface area (Å²) < 4.78 is 5.71. The van der Waals surface area contributed by atoms with Crippen molar-refractivity contribution in [3.8, 4) is 5.75 Å². The first kappa shape index (κ1) is 20.7. The van der Waals surface area contributed by atoms with E-state index >= 15 is 0 Å². The number of ether oxygens (including phenoxy) is 1. The van der Waals surface area contributed by atoms with Crippen LogP contribution in [0.1, 0.15) is 61.0 Å². The van der Waals surface area contributed by atoms with Crippen molar-refractivity contribution < 1.29 is 9.53 Å². The van der Waals surface area contributed by atoms with Gasteiger partial charge in [0.2, 0.25) is 0 Å². The summed E-state index contributed by atoms with van der Waals surface area (Å²) in [4.78, 5) is 15.2. The smallest absolute Gasteiger partial charge is 0.152 e. The number of hydrogen-bond donors (Lipinski definition) is 0. The summed E-state index contributed by atoms with van der Waals surface area (Å²) >= 11 is 0. The van der Waals surface area contributed by atoms with Gasteiger partial charge in [-0.2, -0.15) is 0 Å². The lowest BCUT2D eigenvalue weighted by Gasteiger charge is -2.38. The molecule has 24 heavy (non-hydrogen) atoms. The van der Waals surface area contributed by atoms with Crippen LogP contribution < -0.4 is 4.74 Å². The van der Waals surface area contributed by atoms with E-state index in [1.807, 2.05) is 39.8 Å². The van der Waals surface area contributed by atoms with Crippen molar-refractivity contribution in [2.45, 2.75) is 86.0 Å². The molecule has 0 fully saturated rings. The van der Waals surface area contributed by atoms with Gasteiger partial charge in [0.25, 0.3) is 0 Å². The molecular weight excluding hydrogens is 298 g/mol. The maximum Gasteiger partial charge on any atom is 0.152 e. The van der Waals surface area contributed by atoms with Crippen molar-refractivity contribution in [1.29, 1.82) is 0 Å². The van der Waals surface area contributed by atoms with Crippen LogP contribution in [0.3, 0.4) is 0 Å². The molecule has 0 amide bonds. The first-order valence-corrected chi connectivity index (χ1v) is 9.20. The molecule has 0 heterocycles. The summed E-state index contributed by atoms with van der Waals surface area (Å²) in [6, 6.07) is 8.75. The van der Waals surface area contributed by atoms with Gasteiger partial charge in [0.1, 0.15) is 5.75 Å². The van der Waals surface area contributed by atoms with Gasteiger partial charge in [0, 0.05) is 18.0 Å². The molecule has 1 aromatic carbocycles. The number of carbonyl (C=O) groups is 1. The molecule has 0 spiro atoms. The van der Waals surface area contributed by atoms with Crippen LogP contribution in [0, 0.1) is 5.92 Å². The zero-order valence-corrected chi connectivity index (χ0v) is 16.7. The molecule has 1 aromatic rings. The third-order valence-electron chi connectivity index (χ3n) is 4.17. The Hall–Kier alpha value is -1.35. The summed E-state index contributed by atoms with van der Waals surface area (Å²) in [5.41, 5.74) is 1.18. The molecule has 136 valence electrons. The summed E-state index contributed by atoms with van der Waals surface area (Å²) in [5, 5.41) is 0. The van der Waals surface area contributed by atoms with E-state index < -0.39 is 0 Å². The highest BCUT2D eigenvalue weighted by molar-refractivity contribution is 5.86. The molecule has 3 heteroatoms. The fraction of sp³-hybridized carbons (Fsp3) is 0.667. The normalized spacial score (nSPS) is 13.4. The van der Waals surface area contributed by atoms with Gasteiger partial charge in [-0.3, -0.25) is 9.69 Å². The lowest BCUT2D eigenvalue weighted by molar-refractivity contribution is -0.129. The van der Waals surface area contributed by atoms with Crippen molar-refractivity contribution in [3.05, 3.63) is 29.8 Å². The molecule has 0 aromatic heterocycles. The number of ketones is 1.